The van der Waals surface area contributed by atoms with Gasteiger partial charge < -0.3 is 4.74 Å². The highest BCUT2D eigenvalue weighted by Gasteiger charge is 2.12. The Morgan fingerprint density at radius 2 is 1.96 bits per heavy atom. The molecule has 1 aromatic heterocycles. The van der Waals surface area contributed by atoms with Crippen LogP contribution in [0.4, 0.5) is 0 Å². The third kappa shape index (κ3) is 4.18. The van der Waals surface area contributed by atoms with Gasteiger partial charge in [0, 0.05) is 12.9 Å². The molecule has 2 aromatic carbocycles. The van der Waals surface area contributed by atoms with Crippen LogP contribution in [0.25, 0.3) is 10.9 Å². The second-order valence-electron chi connectivity index (χ2n) is 5.40. The predicted molar refractivity (Wildman–Crippen MR) is 104 cm³/mol. The lowest BCUT2D eigenvalue weighted by Crippen LogP contribution is -2.25. The van der Waals surface area contributed by atoms with E-state index in [1.54, 1.807) is 23.8 Å². The van der Waals surface area contributed by atoms with Crippen molar-refractivity contribution in [3.05, 3.63) is 68.4 Å². The van der Waals surface area contributed by atoms with Crippen LogP contribution < -0.4 is 5.56 Å². The van der Waals surface area contributed by atoms with E-state index in [-0.39, 0.29) is 5.56 Å². The number of benzene rings is 2. The smallest absolute Gasteiger partial charge is 0.262 e. The summed E-state index contributed by atoms with van der Waals surface area (Å²) in [7, 11) is 1.61. The maximum absolute atomic E-state index is 12.8. The highest BCUT2D eigenvalue weighted by atomic mass is 35.5. The van der Waals surface area contributed by atoms with Crippen LogP contribution in [0.5, 0.6) is 0 Å². The fourth-order valence-corrected chi connectivity index (χ4v) is 3.70. The van der Waals surface area contributed by atoms with E-state index in [1.807, 2.05) is 30.3 Å². The van der Waals surface area contributed by atoms with Crippen molar-refractivity contribution in [1.82, 2.24) is 9.55 Å². The second-order valence-corrected chi connectivity index (χ2v) is 7.16. The number of fused-ring (bicyclic) bond motifs is 1. The first-order valence-corrected chi connectivity index (χ1v) is 9.39. The van der Waals surface area contributed by atoms with Crippen LogP contribution in [0.2, 0.25) is 10.0 Å². The van der Waals surface area contributed by atoms with E-state index in [1.165, 1.54) is 11.8 Å². The lowest BCUT2D eigenvalue weighted by atomic mass is 10.2. The van der Waals surface area contributed by atoms with Gasteiger partial charge >= 0.3 is 0 Å². The normalized spacial score (nSPS) is 11.2. The predicted octanol–water partition coefficient (Wildman–Crippen LogP) is 4.64. The number of hydrogen-bond donors (Lipinski definition) is 0. The zero-order chi connectivity index (χ0) is 17.8. The molecule has 0 aliphatic heterocycles. The van der Waals surface area contributed by atoms with E-state index in [4.69, 9.17) is 27.9 Å². The number of methoxy groups -OCH3 is 1. The molecule has 0 amide bonds. The van der Waals surface area contributed by atoms with Gasteiger partial charge in [-0.3, -0.25) is 9.36 Å². The van der Waals surface area contributed by atoms with E-state index in [9.17, 15) is 4.79 Å². The van der Waals surface area contributed by atoms with E-state index in [0.717, 1.165) is 5.56 Å². The zero-order valence-corrected chi connectivity index (χ0v) is 15.9. The number of hydrogen-bond acceptors (Lipinski definition) is 4. The van der Waals surface area contributed by atoms with Gasteiger partial charge in [-0.05, 0) is 29.8 Å². The Morgan fingerprint density at radius 3 is 2.72 bits per heavy atom. The average molecular weight is 395 g/mol. The van der Waals surface area contributed by atoms with Crippen molar-refractivity contribution >= 4 is 45.9 Å². The molecular weight excluding hydrogens is 379 g/mol. The minimum absolute atomic E-state index is 0.0562. The molecule has 4 nitrogen and oxygen atoms in total. The molecule has 0 aliphatic carbocycles. The molecule has 7 heteroatoms. The monoisotopic (exact) mass is 394 g/mol. The SMILES string of the molecule is COCCn1c(SCc2ccc(Cl)c(Cl)c2)nc2ccccc2c1=O. The topological polar surface area (TPSA) is 44.1 Å². The van der Waals surface area contributed by atoms with Crippen molar-refractivity contribution in [1.29, 1.82) is 0 Å². The van der Waals surface area contributed by atoms with Crippen LogP contribution in [0.15, 0.2) is 52.4 Å². The van der Waals surface area contributed by atoms with Gasteiger partial charge in [0.05, 0.1) is 34.1 Å². The number of halogens is 2. The molecule has 0 aliphatic rings. The lowest BCUT2D eigenvalue weighted by molar-refractivity contribution is 0.183. The van der Waals surface area contributed by atoms with Crippen molar-refractivity contribution < 1.29 is 4.74 Å². The van der Waals surface area contributed by atoms with Crippen molar-refractivity contribution in [2.45, 2.75) is 17.5 Å². The van der Waals surface area contributed by atoms with Crippen LogP contribution in [0, 0.1) is 0 Å². The molecule has 130 valence electrons. The van der Waals surface area contributed by atoms with Gasteiger partial charge in [0.25, 0.3) is 5.56 Å². The molecule has 0 N–H and O–H groups in total. The van der Waals surface area contributed by atoms with Gasteiger partial charge in [-0.2, -0.15) is 0 Å². The number of rotatable bonds is 6. The maximum atomic E-state index is 12.8. The third-order valence-electron chi connectivity index (χ3n) is 3.70. The summed E-state index contributed by atoms with van der Waals surface area (Å²) in [5.74, 6) is 0.634. The van der Waals surface area contributed by atoms with E-state index < -0.39 is 0 Å². The molecule has 25 heavy (non-hydrogen) atoms. The lowest BCUT2D eigenvalue weighted by Gasteiger charge is -2.13. The summed E-state index contributed by atoms with van der Waals surface area (Å²) in [5.41, 5.74) is 1.65. The molecule has 0 bridgehead atoms. The quantitative estimate of drug-likeness (QED) is 0.451. The Balaban J connectivity index is 1.95. The van der Waals surface area contributed by atoms with Gasteiger partial charge in [-0.1, -0.05) is 53.2 Å². The maximum Gasteiger partial charge on any atom is 0.262 e. The molecule has 0 saturated heterocycles. The summed E-state index contributed by atoms with van der Waals surface area (Å²) < 4.78 is 6.79. The summed E-state index contributed by atoms with van der Waals surface area (Å²) in [6.45, 7) is 0.900. The fraction of sp³-hybridized carbons (Fsp3) is 0.222. The fourth-order valence-electron chi connectivity index (χ4n) is 2.41. The van der Waals surface area contributed by atoms with Crippen molar-refractivity contribution in [2.75, 3.05) is 13.7 Å². The summed E-state index contributed by atoms with van der Waals surface area (Å²) >= 11 is 13.5. The summed E-state index contributed by atoms with van der Waals surface area (Å²) in [6.07, 6.45) is 0. The van der Waals surface area contributed by atoms with Crippen LogP contribution in [-0.2, 0) is 17.0 Å². The molecule has 3 aromatic rings. The van der Waals surface area contributed by atoms with Crippen LogP contribution in [-0.4, -0.2) is 23.3 Å². The highest BCUT2D eigenvalue weighted by molar-refractivity contribution is 7.98. The minimum Gasteiger partial charge on any atom is -0.383 e. The molecule has 0 unspecified atom stereocenters. The van der Waals surface area contributed by atoms with Crippen molar-refractivity contribution in [3.63, 3.8) is 0 Å². The molecule has 3 rings (SSSR count). The number of para-hydroxylation sites is 1. The summed E-state index contributed by atoms with van der Waals surface area (Å²) in [6, 6.07) is 12.9. The first-order valence-electron chi connectivity index (χ1n) is 7.65. The summed E-state index contributed by atoms with van der Waals surface area (Å²) in [4.78, 5) is 17.4. The largest absolute Gasteiger partial charge is 0.383 e. The Bertz CT molecular complexity index is 959. The molecule has 0 radical (unpaired) electrons. The number of aromatic nitrogens is 2. The zero-order valence-electron chi connectivity index (χ0n) is 13.5. The first kappa shape index (κ1) is 18.3. The van der Waals surface area contributed by atoms with E-state index in [0.29, 0.717) is 45.0 Å². The highest BCUT2D eigenvalue weighted by Crippen LogP contribution is 2.27. The van der Waals surface area contributed by atoms with Crippen LogP contribution >= 0.6 is 35.0 Å². The first-order chi connectivity index (χ1) is 12.1. The number of nitrogens with zero attached hydrogens (tertiary/aromatic N) is 2. The Kier molecular flexibility index (Phi) is 6.02. The molecule has 0 atom stereocenters. The average Bonchev–Trinajstić information content (AvgIpc) is 2.62. The van der Waals surface area contributed by atoms with E-state index in [2.05, 4.69) is 4.98 Å². The number of thioether (sulfide) groups is 1. The molecule has 0 spiro atoms. The summed E-state index contributed by atoms with van der Waals surface area (Å²) in [5, 5.41) is 2.31. The Labute approximate surface area is 159 Å². The van der Waals surface area contributed by atoms with Crippen LogP contribution in [0.1, 0.15) is 5.56 Å². The van der Waals surface area contributed by atoms with Gasteiger partial charge in [0.1, 0.15) is 0 Å². The van der Waals surface area contributed by atoms with Gasteiger partial charge in [0.2, 0.25) is 0 Å². The number of ether oxygens (including phenoxy) is 1. The van der Waals surface area contributed by atoms with Crippen molar-refractivity contribution in [3.8, 4) is 0 Å². The molecule has 1 heterocycles. The van der Waals surface area contributed by atoms with Crippen LogP contribution in [0.3, 0.4) is 0 Å². The van der Waals surface area contributed by atoms with Gasteiger partial charge in [0.15, 0.2) is 5.16 Å². The third-order valence-corrected chi connectivity index (χ3v) is 5.48. The minimum atomic E-state index is -0.0562. The Hall–Kier alpha value is -1.53. The van der Waals surface area contributed by atoms with Gasteiger partial charge in [-0.15, -0.1) is 0 Å². The molecule has 0 fully saturated rings. The molecular formula is C18H16Cl2N2O2S. The van der Waals surface area contributed by atoms with Crippen molar-refractivity contribution in [2.24, 2.45) is 0 Å². The standard InChI is InChI=1S/C18H16Cl2N2O2S/c1-24-9-8-22-17(23)13-4-2-3-5-16(13)21-18(22)25-11-12-6-7-14(19)15(20)10-12/h2-7,10H,8-9,11H2,1H3. The second kappa shape index (κ2) is 8.23. The molecule has 0 saturated carbocycles. The van der Waals surface area contributed by atoms with E-state index >= 15 is 0 Å². The Morgan fingerprint density at radius 1 is 1.16 bits per heavy atom. The van der Waals surface area contributed by atoms with Gasteiger partial charge in [-0.25, -0.2) is 4.98 Å².